The van der Waals surface area contributed by atoms with Crippen LogP contribution in [0.15, 0.2) is 48.5 Å². The monoisotopic (exact) mass is 249 g/mol. The first-order chi connectivity index (χ1) is 8.00. The first-order valence-corrected chi connectivity index (χ1v) is 5.69. The highest BCUT2D eigenvalue weighted by molar-refractivity contribution is 6.30. The van der Waals surface area contributed by atoms with Crippen molar-refractivity contribution < 1.29 is 4.39 Å². The molecule has 2 aromatic carbocycles. The van der Waals surface area contributed by atoms with Crippen molar-refractivity contribution in [3.63, 3.8) is 0 Å². The van der Waals surface area contributed by atoms with Crippen molar-refractivity contribution in [1.82, 2.24) is 0 Å². The first-order valence-electron chi connectivity index (χ1n) is 5.31. The van der Waals surface area contributed by atoms with Crippen molar-refractivity contribution in [2.24, 2.45) is 5.73 Å². The van der Waals surface area contributed by atoms with Crippen molar-refractivity contribution in [3.8, 4) is 0 Å². The Morgan fingerprint density at radius 1 is 1.06 bits per heavy atom. The number of hydrogen-bond donors (Lipinski definition) is 1. The molecule has 2 N–H and O–H groups in total. The van der Waals surface area contributed by atoms with Crippen molar-refractivity contribution in [2.75, 3.05) is 0 Å². The molecule has 3 heteroatoms. The fourth-order valence-corrected chi connectivity index (χ4v) is 1.90. The Morgan fingerprint density at radius 3 is 2.29 bits per heavy atom. The summed E-state index contributed by atoms with van der Waals surface area (Å²) in [6.45, 7) is 1.85. The molecule has 0 radical (unpaired) electrons. The van der Waals surface area contributed by atoms with E-state index in [1.54, 1.807) is 18.2 Å². The number of halogens is 2. The Morgan fingerprint density at radius 2 is 1.71 bits per heavy atom. The molecule has 2 aromatic rings. The van der Waals surface area contributed by atoms with Gasteiger partial charge in [-0.25, -0.2) is 4.39 Å². The number of hydrogen-bond acceptors (Lipinski definition) is 1. The first kappa shape index (κ1) is 12.1. The van der Waals surface area contributed by atoms with Gasteiger partial charge in [0, 0.05) is 5.02 Å². The van der Waals surface area contributed by atoms with Crippen molar-refractivity contribution in [1.29, 1.82) is 0 Å². The summed E-state index contributed by atoms with van der Waals surface area (Å²) >= 11 is 5.83. The molecule has 17 heavy (non-hydrogen) atoms. The molecule has 1 atom stereocenters. The largest absolute Gasteiger partial charge is 0.318 e. The van der Waals surface area contributed by atoms with Gasteiger partial charge in [0.05, 0.1) is 5.54 Å². The molecule has 0 saturated carbocycles. The Hall–Kier alpha value is -1.38. The van der Waals surface area contributed by atoms with Crippen LogP contribution in [-0.2, 0) is 5.54 Å². The van der Waals surface area contributed by atoms with Crippen LogP contribution < -0.4 is 5.73 Å². The van der Waals surface area contributed by atoms with E-state index in [9.17, 15) is 4.39 Å². The van der Waals surface area contributed by atoms with E-state index in [1.165, 1.54) is 12.1 Å². The normalized spacial score (nSPS) is 14.4. The molecule has 0 aliphatic rings. The molecular formula is C14H13ClFN. The van der Waals surface area contributed by atoms with Gasteiger partial charge in [0.2, 0.25) is 0 Å². The van der Waals surface area contributed by atoms with Crippen LogP contribution in [0.2, 0.25) is 5.02 Å². The smallest absolute Gasteiger partial charge is 0.123 e. The van der Waals surface area contributed by atoms with Gasteiger partial charge in [0.1, 0.15) is 5.82 Å². The average molecular weight is 250 g/mol. The predicted molar refractivity (Wildman–Crippen MR) is 68.5 cm³/mol. The molecule has 0 aliphatic carbocycles. The minimum atomic E-state index is -0.729. The van der Waals surface area contributed by atoms with Gasteiger partial charge in [-0.15, -0.1) is 0 Å². The summed E-state index contributed by atoms with van der Waals surface area (Å²) in [5, 5.41) is 0.656. The molecule has 0 amide bonds. The molecule has 0 saturated heterocycles. The van der Waals surface area contributed by atoms with E-state index in [-0.39, 0.29) is 5.82 Å². The highest BCUT2D eigenvalue weighted by atomic mass is 35.5. The molecule has 2 rings (SSSR count). The van der Waals surface area contributed by atoms with E-state index in [0.29, 0.717) is 5.02 Å². The van der Waals surface area contributed by atoms with Gasteiger partial charge in [-0.3, -0.25) is 0 Å². The maximum Gasteiger partial charge on any atom is 0.123 e. The average Bonchev–Trinajstić information content (AvgIpc) is 2.29. The molecular weight excluding hydrogens is 237 g/mol. The Bertz CT molecular complexity index is 520. The zero-order valence-corrected chi connectivity index (χ0v) is 10.2. The zero-order valence-electron chi connectivity index (χ0n) is 9.45. The number of rotatable bonds is 2. The fourth-order valence-electron chi connectivity index (χ4n) is 1.77. The third-order valence-electron chi connectivity index (χ3n) is 2.87. The van der Waals surface area contributed by atoms with E-state index in [1.807, 2.05) is 25.1 Å². The van der Waals surface area contributed by atoms with Gasteiger partial charge in [-0.1, -0.05) is 35.9 Å². The Kier molecular flexibility index (Phi) is 3.18. The maximum absolute atomic E-state index is 13.2. The molecule has 0 heterocycles. The zero-order chi connectivity index (χ0) is 12.5. The Labute approximate surface area is 105 Å². The topological polar surface area (TPSA) is 26.0 Å². The van der Waals surface area contributed by atoms with Crippen molar-refractivity contribution >= 4 is 11.6 Å². The van der Waals surface area contributed by atoms with E-state index >= 15 is 0 Å². The van der Waals surface area contributed by atoms with Gasteiger partial charge in [0.15, 0.2) is 0 Å². The lowest BCUT2D eigenvalue weighted by molar-refractivity contribution is 0.581. The molecule has 1 unspecified atom stereocenters. The van der Waals surface area contributed by atoms with Crippen LogP contribution >= 0.6 is 11.6 Å². The second-order valence-electron chi connectivity index (χ2n) is 4.22. The fraction of sp³-hybridized carbons (Fsp3) is 0.143. The molecule has 0 spiro atoms. The van der Waals surface area contributed by atoms with Crippen molar-refractivity contribution in [3.05, 3.63) is 70.5 Å². The molecule has 0 aromatic heterocycles. The minimum Gasteiger partial charge on any atom is -0.318 e. The van der Waals surface area contributed by atoms with Crippen LogP contribution in [0.3, 0.4) is 0 Å². The van der Waals surface area contributed by atoms with E-state index in [0.717, 1.165) is 11.1 Å². The summed E-state index contributed by atoms with van der Waals surface area (Å²) in [5.74, 6) is -0.284. The summed E-state index contributed by atoms with van der Waals surface area (Å²) in [6, 6.07) is 13.6. The minimum absolute atomic E-state index is 0.284. The van der Waals surface area contributed by atoms with Gasteiger partial charge < -0.3 is 5.73 Å². The molecule has 0 bridgehead atoms. The van der Waals surface area contributed by atoms with Crippen LogP contribution in [0.1, 0.15) is 18.1 Å². The van der Waals surface area contributed by atoms with Gasteiger partial charge in [0.25, 0.3) is 0 Å². The molecule has 88 valence electrons. The summed E-state index contributed by atoms with van der Waals surface area (Å²) in [5.41, 5.74) is 7.17. The van der Waals surface area contributed by atoms with Gasteiger partial charge in [-0.05, 0) is 42.3 Å². The van der Waals surface area contributed by atoms with Crippen LogP contribution in [0.25, 0.3) is 0 Å². The van der Waals surface area contributed by atoms with Crippen molar-refractivity contribution in [2.45, 2.75) is 12.5 Å². The molecule has 0 fully saturated rings. The summed E-state index contributed by atoms with van der Waals surface area (Å²) in [7, 11) is 0. The van der Waals surface area contributed by atoms with Crippen LogP contribution in [0.5, 0.6) is 0 Å². The second-order valence-corrected chi connectivity index (χ2v) is 4.66. The quantitative estimate of drug-likeness (QED) is 0.863. The maximum atomic E-state index is 13.2. The lowest BCUT2D eigenvalue weighted by atomic mass is 9.86. The van der Waals surface area contributed by atoms with Gasteiger partial charge in [-0.2, -0.15) is 0 Å². The number of benzene rings is 2. The third-order valence-corrected chi connectivity index (χ3v) is 3.12. The standard InChI is InChI=1S/C14H13ClFN/c1-14(17,10-5-7-12(15)8-6-10)11-3-2-4-13(16)9-11/h2-9H,17H2,1H3. The highest BCUT2D eigenvalue weighted by Crippen LogP contribution is 2.27. The third kappa shape index (κ3) is 2.48. The summed E-state index contributed by atoms with van der Waals surface area (Å²) < 4.78 is 13.2. The van der Waals surface area contributed by atoms with E-state index in [4.69, 9.17) is 17.3 Å². The summed E-state index contributed by atoms with van der Waals surface area (Å²) in [6.07, 6.45) is 0. The van der Waals surface area contributed by atoms with E-state index < -0.39 is 5.54 Å². The Balaban J connectivity index is 2.45. The highest BCUT2D eigenvalue weighted by Gasteiger charge is 2.23. The second kappa shape index (κ2) is 4.47. The predicted octanol–water partition coefficient (Wildman–Crippen LogP) is 3.70. The van der Waals surface area contributed by atoms with Crippen LogP contribution in [0.4, 0.5) is 4.39 Å². The lowest BCUT2D eigenvalue weighted by Crippen LogP contribution is -2.34. The van der Waals surface area contributed by atoms with Crippen LogP contribution in [0, 0.1) is 5.82 Å². The SMILES string of the molecule is CC(N)(c1ccc(Cl)cc1)c1cccc(F)c1. The van der Waals surface area contributed by atoms with Gasteiger partial charge >= 0.3 is 0 Å². The lowest BCUT2D eigenvalue weighted by Gasteiger charge is -2.26. The molecule has 0 aliphatic heterocycles. The number of nitrogens with two attached hydrogens (primary N) is 1. The van der Waals surface area contributed by atoms with Crippen LogP contribution in [-0.4, -0.2) is 0 Å². The molecule has 1 nitrogen and oxygen atoms in total. The van der Waals surface area contributed by atoms with E-state index in [2.05, 4.69) is 0 Å². The summed E-state index contributed by atoms with van der Waals surface area (Å²) in [4.78, 5) is 0.